The molecule has 0 heterocycles. The van der Waals surface area contributed by atoms with Gasteiger partial charge in [-0.05, 0) is 38.7 Å². The minimum atomic E-state index is -0.730. The highest BCUT2D eigenvalue weighted by atomic mass is 16.5. The molecular weight excluding hydrogens is 262 g/mol. The summed E-state index contributed by atoms with van der Waals surface area (Å²) in [5.74, 6) is 0.761. The maximum atomic E-state index is 10.8. The summed E-state index contributed by atoms with van der Waals surface area (Å²) in [5.41, 5.74) is 0.129. The molecule has 2 rings (SSSR count). The number of hydrogen-bond donors (Lipinski definition) is 1. The van der Waals surface area contributed by atoms with Gasteiger partial charge in [0.15, 0.2) is 0 Å². The molecule has 3 nitrogen and oxygen atoms in total. The van der Waals surface area contributed by atoms with Crippen LogP contribution in [0.3, 0.4) is 0 Å². The van der Waals surface area contributed by atoms with Crippen molar-refractivity contribution < 1.29 is 9.84 Å². The lowest BCUT2D eigenvalue weighted by molar-refractivity contribution is -0.0569. The van der Waals surface area contributed by atoms with Crippen LogP contribution in [-0.2, 0) is 0 Å². The van der Waals surface area contributed by atoms with E-state index in [4.69, 9.17) is 4.74 Å². The predicted molar refractivity (Wildman–Crippen MR) is 85.4 cm³/mol. The molecule has 0 spiro atoms. The standard InChI is InChI=1S/C18H23NO2/c1-18(14-19(2)3,21-16-12-8-5-9-13-16)17(20)15-10-6-4-7-11-15/h4-13,17,20H,14H2,1-3H3/t17-,18-/m1/s1. The molecule has 1 N–H and O–H groups in total. The van der Waals surface area contributed by atoms with E-state index >= 15 is 0 Å². The van der Waals surface area contributed by atoms with Crippen molar-refractivity contribution in [2.45, 2.75) is 18.6 Å². The van der Waals surface area contributed by atoms with Crippen molar-refractivity contribution in [2.24, 2.45) is 0 Å². The molecule has 3 heteroatoms. The van der Waals surface area contributed by atoms with Crippen molar-refractivity contribution in [3.8, 4) is 5.75 Å². The Morgan fingerprint density at radius 1 is 1.00 bits per heavy atom. The monoisotopic (exact) mass is 285 g/mol. The molecule has 0 aliphatic rings. The minimum absolute atomic E-state index is 0.609. The van der Waals surface area contributed by atoms with Crippen LogP contribution in [0.2, 0.25) is 0 Å². The summed E-state index contributed by atoms with van der Waals surface area (Å²) >= 11 is 0. The second-order valence-electron chi connectivity index (χ2n) is 5.78. The molecule has 0 aromatic heterocycles. The van der Waals surface area contributed by atoms with E-state index < -0.39 is 11.7 Å². The summed E-state index contributed by atoms with van der Waals surface area (Å²) < 4.78 is 6.14. The van der Waals surface area contributed by atoms with Crippen molar-refractivity contribution in [3.05, 3.63) is 66.2 Å². The van der Waals surface area contributed by atoms with Crippen LogP contribution in [0.15, 0.2) is 60.7 Å². The third-order valence-electron chi connectivity index (χ3n) is 3.42. The van der Waals surface area contributed by atoms with Crippen LogP contribution in [0, 0.1) is 0 Å². The first-order valence-corrected chi connectivity index (χ1v) is 7.13. The summed E-state index contributed by atoms with van der Waals surface area (Å²) in [6.07, 6.45) is -0.707. The highest BCUT2D eigenvalue weighted by molar-refractivity contribution is 5.25. The maximum Gasteiger partial charge on any atom is 0.149 e. The number of ether oxygens (including phenoxy) is 1. The second-order valence-corrected chi connectivity index (χ2v) is 5.78. The van der Waals surface area contributed by atoms with Crippen molar-refractivity contribution in [2.75, 3.05) is 20.6 Å². The van der Waals surface area contributed by atoms with E-state index in [0.717, 1.165) is 11.3 Å². The van der Waals surface area contributed by atoms with Crippen LogP contribution in [0.1, 0.15) is 18.6 Å². The first-order chi connectivity index (χ1) is 10.0. The van der Waals surface area contributed by atoms with E-state index in [1.807, 2.05) is 86.6 Å². The summed E-state index contributed by atoms with van der Waals surface area (Å²) in [6, 6.07) is 19.3. The first kappa shape index (κ1) is 15.5. The molecule has 0 amide bonds. The minimum Gasteiger partial charge on any atom is -0.483 e. The van der Waals surface area contributed by atoms with Crippen LogP contribution in [0.5, 0.6) is 5.75 Å². The van der Waals surface area contributed by atoms with Crippen LogP contribution in [0.25, 0.3) is 0 Å². The van der Waals surface area contributed by atoms with E-state index in [2.05, 4.69) is 0 Å². The van der Waals surface area contributed by atoms with Gasteiger partial charge in [0.1, 0.15) is 17.5 Å². The molecule has 21 heavy (non-hydrogen) atoms. The number of nitrogens with zero attached hydrogens (tertiary/aromatic N) is 1. The largest absolute Gasteiger partial charge is 0.483 e. The SMILES string of the molecule is CN(C)C[C@@](C)(Oc1ccccc1)[C@H](O)c1ccccc1. The highest BCUT2D eigenvalue weighted by Gasteiger charge is 2.37. The van der Waals surface area contributed by atoms with E-state index in [1.165, 1.54) is 0 Å². The average molecular weight is 285 g/mol. The summed E-state index contributed by atoms with van der Waals surface area (Å²) in [6.45, 7) is 2.55. The van der Waals surface area contributed by atoms with Crippen LogP contribution >= 0.6 is 0 Å². The summed E-state index contributed by atoms with van der Waals surface area (Å²) in [5, 5.41) is 10.8. The first-order valence-electron chi connectivity index (χ1n) is 7.13. The molecule has 2 aromatic rings. The van der Waals surface area contributed by atoms with E-state index in [9.17, 15) is 5.11 Å². The molecule has 0 aliphatic carbocycles. The fourth-order valence-electron chi connectivity index (χ4n) is 2.55. The average Bonchev–Trinajstić information content (AvgIpc) is 2.47. The van der Waals surface area contributed by atoms with Crippen LogP contribution in [0.4, 0.5) is 0 Å². The van der Waals surface area contributed by atoms with Gasteiger partial charge in [0.25, 0.3) is 0 Å². The predicted octanol–water partition coefficient (Wildman–Crippen LogP) is 3.12. The number of benzene rings is 2. The number of aliphatic hydroxyl groups is 1. The molecule has 0 fully saturated rings. The molecule has 0 radical (unpaired) electrons. The quantitative estimate of drug-likeness (QED) is 0.885. The lowest BCUT2D eigenvalue weighted by Gasteiger charge is -2.37. The van der Waals surface area contributed by atoms with Gasteiger partial charge in [-0.1, -0.05) is 48.5 Å². The van der Waals surface area contributed by atoms with Crippen molar-refractivity contribution in [3.63, 3.8) is 0 Å². The lowest BCUT2D eigenvalue weighted by Crippen LogP contribution is -2.47. The molecule has 112 valence electrons. The van der Waals surface area contributed by atoms with Gasteiger partial charge in [0.2, 0.25) is 0 Å². The molecule has 2 atom stereocenters. The number of likely N-dealkylation sites (N-methyl/N-ethyl adjacent to an activating group) is 1. The van der Waals surface area contributed by atoms with Gasteiger partial charge in [0, 0.05) is 6.54 Å². The van der Waals surface area contributed by atoms with Gasteiger partial charge in [-0.3, -0.25) is 0 Å². The normalized spacial score (nSPS) is 15.5. The topological polar surface area (TPSA) is 32.7 Å². The second kappa shape index (κ2) is 6.74. The zero-order valence-electron chi connectivity index (χ0n) is 12.9. The van der Waals surface area contributed by atoms with Crippen molar-refractivity contribution >= 4 is 0 Å². The van der Waals surface area contributed by atoms with E-state index in [-0.39, 0.29) is 0 Å². The van der Waals surface area contributed by atoms with Gasteiger partial charge in [-0.15, -0.1) is 0 Å². The zero-order valence-corrected chi connectivity index (χ0v) is 12.9. The number of aliphatic hydroxyl groups excluding tert-OH is 1. The number of para-hydroxylation sites is 1. The fraction of sp³-hybridized carbons (Fsp3) is 0.333. The van der Waals surface area contributed by atoms with Gasteiger partial charge in [-0.2, -0.15) is 0 Å². The van der Waals surface area contributed by atoms with Gasteiger partial charge in [0.05, 0.1) is 0 Å². The fourth-order valence-corrected chi connectivity index (χ4v) is 2.55. The van der Waals surface area contributed by atoms with Crippen molar-refractivity contribution in [1.29, 1.82) is 0 Å². The molecule has 0 saturated carbocycles. The molecule has 0 aliphatic heterocycles. The van der Waals surface area contributed by atoms with E-state index in [0.29, 0.717) is 6.54 Å². The molecule has 0 unspecified atom stereocenters. The molecule has 0 bridgehead atoms. The Balaban J connectivity index is 2.28. The molecule has 0 saturated heterocycles. The molecule has 2 aromatic carbocycles. The van der Waals surface area contributed by atoms with E-state index in [1.54, 1.807) is 0 Å². The Labute approximate surface area is 126 Å². The highest BCUT2D eigenvalue weighted by Crippen LogP contribution is 2.31. The lowest BCUT2D eigenvalue weighted by atomic mass is 9.92. The summed E-state index contributed by atoms with van der Waals surface area (Å²) in [4.78, 5) is 2.02. The maximum absolute atomic E-state index is 10.8. The zero-order chi connectivity index (χ0) is 15.3. The van der Waals surface area contributed by atoms with Crippen molar-refractivity contribution in [1.82, 2.24) is 4.90 Å². The third-order valence-corrected chi connectivity index (χ3v) is 3.42. The third kappa shape index (κ3) is 4.06. The smallest absolute Gasteiger partial charge is 0.149 e. The van der Waals surface area contributed by atoms with Gasteiger partial charge in [-0.25, -0.2) is 0 Å². The Morgan fingerprint density at radius 3 is 2.05 bits per heavy atom. The number of hydrogen-bond acceptors (Lipinski definition) is 3. The Morgan fingerprint density at radius 2 is 1.52 bits per heavy atom. The van der Waals surface area contributed by atoms with Gasteiger partial charge < -0.3 is 14.7 Å². The van der Waals surface area contributed by atoms with Crippen LogP contribution < -0.4 is 4.74 Å². The van der Waals surface area contributed by atoms with Gasteiger partial charge >= 0.3 is 0 Å². The number of rotatable bonds is 6. The Bertz CT molecular complexity index is 542. The summed E-state index contributed by atoms with van der Waals surface area (Å²) in [7, 11) is 3.95. The Kier molecular flexibility index (Phi) is 4.99. The Hall–Kier alpha value is -1.84. The molecular formula is C18H23NO2. The van der Waals surface area contributed by atoms with Crippen LogP contribution in [-0.4, -0.2) is 36.2 Å².